The van der Waals surface area contributed by atoms with Crippen LogP contribution in [0.2, 0.25) is 0 Å². The Morgan fingerprint density at radius 3 is 2.23 bits per heavy atom. The van der Waals surface area contributed by atoms with Crippen molar-refractivity contribution in [1.29, 1.82) is 0 Å². The van der Waals surface area contributed by atoms with Crippen LogP contribution in [0.25, 0.3) is 0 Å². The molecule has 0 aromatic heterocycles. The summed E-state index contributed by atoms with van der Waals surface area (Å²) in [5.74, 6) is 0.800. The van der Waals surface area contributed by atoms with E-state index in [0.29, 0.717) is 5.41 Å². The number of hydrogen-bond acceptors (Lipinski definition) is 2. The number of nitrogens with one attached hydrogen (secondary N) is 1. The fraction of sp³-hybridized carbons (Fsp3) is 1.00. The second kappa shape index (κ2) is 4.43. The first-order chi connectivity index (χ1) is 6.10. The largest absolute Gasteiger partial charge is 0.319 e. The summed E-state index contributed by atoms with van der Waals surface area (Å²) in [6, 6.07) is 0. The lowest BCUT2D eigenvalue weighted by atomic mass is 9.70. The van der Waals surface area contributed by atoms with Crippen molar-refractivity contribution in [2.75, 3.05) is 33.7 Å². The zero-order chi connectivity index (χ0) is 9.90. The maximum atomic E-state index is 3.36. The summed E-state index contributed by atoms with van der Waals surface area (Å²) in [7, 11) is 4.30. The highest BCUT2D eigenvalue weighted by Gasteiger charge is 2.35. The van der Waals surface area contributed by atoms with Crippen LogP contribution in [-0.4, -0.2) is 38.6 Å². The van der Waals surface area contributed by atoms with Gasteiger partial charge in [0.15, 0.2) is 0 Å². The van der Waals surface area contributed by atoms with E-state index in [2.05, 4.69) is 38.2 Å². The number of nitrogens with zero attached hydrogens (tertiary/aromatic N) is 1. The first-order valence-corrected chi connectivity index (χ1v) is 5.44. The lowest BCUT2D eigenvalue weighted by Gasteiger charge is -2.43. The molecule has 1 fully saturated rings. The van der Waals surface area contributed by atoms with Gasteiger partial charge in [-0.3, -0.25) is 0 Å². The SMILES string of the molecule is CNCC1(C(C)C)CCN(C)CC1. The van der Waals surface area contributed by atoms with Gasteiger partial charge in [0.2, 0.25) is 0 Å². The van der Waals surface area contributed by atoms with Gasteiger partial charge in [-0.05, 0) is 51.4 Å². The molecule has 2 nitrogen and oxygen atoms in total. The Labute approximate surface area is 82.7 Å². The van der Waals surface area contributed by atoms with E-state index in [1.54, 1.807) is 0 Å². The molecule has 0 spiro atoms. The molecule has 0 aliphatic carbocycles. The Balaban J connectivity index is 2.58. The van der Waals surface area contributed by atoms with Crippen LogP contribution in [0.3, 0.4) is 0 Å². The molecular weight excluding hydrogens is 160 g/mol. The van der Waals surface area contributed by atoms with Gasteiger partial charge in [0.1, 0.15) is 0 Å². The molecule has 2 heteroatoms. The normalized spacial score (nSPS) is 23.8. The van der Waals surface area contributed by atoms with Gasteiger partial charge in [0.25, 0.3) is 0 Å². The second-order valence-electron chi connectivity index (χ2n) is 4.85. The van der Waals surface area contributed by atoms with Crippen molar-refractivity contribution in [2.45, 2.75) is 26.7 Å². The zero-order valence-electron chi connectivity index (χ0n) is 9.56. The fourth-order valence-corrected chi connectivity index (χ4v) is 2.37. The lowest BCUT2D eigenvalue weighted by Crippen LogP contribution is -2.46. The third-order valence-electron chi connectivity index (χ3n) is 3.74. The van der Waals surface area contributed by atoms with Gasteiger partial charge in [-0.2, -0.15) is 0 Å². The molecule has 1 N–H and O–H groups in total. The number of likely N-dealkylation sites (tertiary alicyclic amines) is 1. The molecule has 1 heterocycles. The molecular formula is C11H24N2. The van der Waals surface area contributed by atoms with Crippen LogP contribution in [0.4, 0.5) is 0 Å². The standard InChI is InChI=1S/C11H24N2/c1-10(2)11(9-12-3)5-7-13(4)8-6-11/h10,12H,5-9H2,1-4H3. The summed E-state index contributed by atoms with van der Waals surface area (Å²) < 4.78 is 0. The van der Waals surface area contributed by atoms with E-state index in [4.69, 9.17) is 0 Å². The van der Waals surface area contributed by atoms with Crippen LogP contribution in [0.5, 0.6) is 0 Å². The molecule has 78 valence electrons. The van der Waals surface area contributed by atoms with E-state index in [9.17, 15) is 0 Å². The van der Waals surface area contributed by atoms with Crippen molar-refractivity contribution in [3.63, 3.8) is 0 Å². The van der Waals surface area contributed by atoms with Crippen LogP contribution in [0.1, 0.15) is 26.7 Å². The van der Waals surface area contributed by atoms with E-state index in [1.165, 1.54) is 32.5 Å². The van der Waals surface area contributed by atoms with Crippen LogP contribution >= 0.6 is 0 Å². The van der Waals surface area contributed by atoms with Gasteiger partial charge >= 0.3 is 0 Å². The molecule has 0 amide bonds. The van der Waals surface area contributed by atoms with Crippen molar-refractivity contribution in [1.82, 2.24) is 10.2 Å². The van der Waals surface area contributed by atoms with Crippen LogP contribution < -0.4 is 5.32 Å². The Bertz CT molecular complexity index is 146. The van der Waals surface area contributed by atoms with Crippen molar-refractivity contribution < 1.29 is 0 Å². The maximum absolute atomic E-state index is 3.36. The van der Waals surface area contributed by atoms with Crippen molar-refractivity contribution in [2.24, 2.45) is 11.3 Å². The molecule has 1 saturated heterocycles. The molecule has 1 rings (SSSR count). The van der Waals surface area contributed by atoms with E-state index >= 15 is 0 Å². The van der Waals surface area contributed by atoms with E-state index < -0.39 is 0 Å². The average molecular weight is 184 g/mol. The summed E-state index contributed by atoms with van der Waals surface area (Å²) in [5, 5.41) is 3.36. The number of hydrogen-bond donors (Lipinski definition) is 1. The molecule has 0 saturated carbocycles. The van der Waals surface area contributed by atoms with Gasteiger partial charge in [-0.1, -0.05) is 13.8 Å². The Morgan fingerprint density at radius 1 is 1.31 bits per heavy atom. The predicted octanol–water partition coefficient (Wildman–Crippen LogP) is 1.57. The van der Waals surface area contributed by atoms with Gasteiger partial charge in [0.05, 0.1) is 0 Å². The minimum atomic E-state index is 0.557. The summed E-state index contributed by atoms with van der Waals surface area (Å²) >= 11 is 0. The Morgan fingerprint density at radius 2 is 1.85 bits per heavy atom. The van der Waals surface area contributed by atoms with Gasteiger partial charge in [0, 0.05) is 6.54 Å². The van der Waals surface area contributed by atoms with E-state index in [0.717, 1.165) is 5.92 Å². The van der Waals surface area contributed by atoms with Gasteiger partial charge in [-0.25, -0.2) is 0 Å². The fourth-order valence-electron chi connectivity index (χ4n) is 2.37. The van der Waals surface area contributed by atoms with Crippen molar-refractivity contribution in [3.05, 3.63) is 0 Å². The third-order valence-corrected chi connectivity index (χ3v) is 3.74. The highest BCUT2D eigenvalue weighted by Crippen LogP contribution is 2.37. The Hall–Kier alpha value is -0.0800. The maximum Gasteiger partial charge on any atom is 0.000821 e. The molecule has 1 aliphatic heterocycles. The average Bonchev–Trinajstić information content (AvgIpc) is 2.09. The zero-order valence-corrected chi connectivity index (χ0v) is 9.56. The minimum absolute atomic E-state index is 0.557. The first-order valence-electron chi connectivity index (χ1n) is 5.44. The van der Waals surface area contributed by atoms with E-state index in [-0.39, 0.29) is 0 Å². The molecule has 0 atom stereocenters. The lowest BCUT2D eigenvalue weighted by molar-refractivity contribution is 0.0753. The van der Waals surface area contributed by atoms with Crippen molar-refractivity contribution >= 4 is 0 Å². The Kier molecular flexibility index (Phi) is 3.74. The molecule has 0 unspecified atom stereocenters. The monoisotopic (exact) mass is 184 g/mol. The first kappa shape index (κ1) is 11.0. The molecule has 0 aromatic rings. The van der Waals surface area contributed by atoms with Crippen LogP contribution in [0.15, 0.2) is 0 Å². The molecule has 1 aliphatic rings. The van der Waals surface area contributed by atoms with Crippen LogP contribution in [-0.2, 0) is 0 Å². The highest BCUT2D eigenvalue weighted by molar-refractivity contribution is 4.88. The van der Waals surface area contributed by atoms with Crippen LogP contribution in [0, 0.1) is 11.3 Å². The predicted molar refractivity (Wildman–Crippen MR) is 57.9 cm³/mol. The van der Waals surface area contributed by atoms with Gasteiger partial charge < -0.3 is 10.2 Å². The molecule has 0 radical (unpaired) electrons. The molecule has 0 bridgehead atoms. The number of piperidine rings is 1. The summed E-state index contributed by atoms with van der Waals surface area (Å²) in [4.78, 5) is 2.44. The van der Waals surface area contributed by atoms with E-state index in [1.807, 2.05) is 0 Å². The summed E-state index contributed by atoms with van der Waals surface area (Å²) in [6.07, 6.45) is 2.70. The highest BCUT2D eigenvalue weighted by atomic mass is 15.1. The quantitative estimate of drug-likeness (QED) is 0.716. The second-order valence-corrected chi connectivity index (χ2v) is 4.85. The smallest absolute Gasteiger partial charge is 0.000821 e. The topological polar surface area (TPSA) is 15.3 Å². The third kappa shape index (κ3) is 2.44. The summed E-state index contributed by atoms with van der Waals surface area (Å²) in [5.41, 5.74) is 0.557. The van der Waals surface area contributed by atoms with Crippen molar-refractivity contribution in [3.8, 4) is 0 Å². The minimum Gasteiger partial charge on any atom is -0.319 e. The number of rotatable bonds is 3. The van der Waals surface area contributed by atoms with Gasteiger partial charge in [-0.15, -0.1) is 0 Å². The molecule has 13 heavy (non-hydrogen) atoms. The summed E-state index contributed by atoms with van der Waals surface area (Å²) in [6.45, 7) is 8.43. The molecule has 0 aromatic carbocycles.